The summed E-state index contributed by atoms with van der Waals surface area (Å²) in [5.41, 5.74) is 1.38. The molecule has 0 spiro atoms. The standard InChI is InChI=1S/C13H15N5OS/c1-2-12(19-8-1)13-15-17-18(16-13)7-6-14-5-3-11-4-9-20-10-11/h1-2,4,8-10,14H,3,5-7H2. The molecule has 0 saturated heterocycles. The molecule has 0 saturated carbocycles. The van der Waals surface area contributed by atoms with E-state index in [4.69, 9.17) is 4.42 Å². The van der Waals surface area contributed by atoms with Gasteiger partial charge in [0.05, 0.1) is 12.8 Å². The molecule has 0 fully saturated rings. The quantitative estimate of drug-likeness (QED) is 0.672. The van der Waals surface area contributed by atoms with Crippen molar-refractivity contribution in [2.24, 2.45) is 0 Å². The molecule has 1 N–H and O–H groups in total. The lowest BCUT2D eigenvalue weighted by Crippen LogP contribution is -2.23. The molecule has 3 heterocycles. The Morgan fingerprint density at radius 1 is 1.30 bits per heavy atom. The molecule has 3 aromatic heterocycles. The molecule has 0 aromatic carbocycles. The number of nitrogens with one attached hydrogen (secondary N) is 1. The van der Waals surface area contributed by atoms with Crippen LogP contribution in [0.2, 0.25) is 0 Å². The van der Waals surface area contributed by atoms with Crippen LogP contribution < -0.4 is 5.32 Å². The fourth-order valence-corrected chi connectivity index (χ4v) is 2.52. The smallest absolute Gasteiger partial charge is 0.240 e. The van der Waals surface area contributed by atoms with E-state index in [1.807, 2.05) is 12.1 Å². The van der Waals surface area contributed by atoms with Crippen LogP contribution in [0.1, 0.15) is 5.56 Å². The molecule has 0 aliphatic heterocycles. The van der Waals surface area contributed by atoms with Gasteiger partial charge < -0.3 is 9.73 Å². The lowest BCUT2D eigenvalue weighted by atomic mass is 10.2. The minimum absolute atomic E-state index is 0.522. The van der Waals surface area contributed by atoms with Gasteiger partial charge in [0.2, 0.25) is 5.82 Å². The summed E-state index contributed by atoms with van der Waals surface area (Å²) in [6.45, 7) is 2.46. The Bertz CT molecular complexity index is 617. The summed E-state index contributed by atoms with van der Waals surface area (Å²) in [6.07, 6.45) is 2.65. The van der Waals surface area contributed by atoms with Crippen LogP contribution in [0.5, 0.6) is 0 Å². The first kappa shape index (κ1) is 13.0. The SMILES string of the molecule is c1coc(-c2nnn(CCNCCc3ccsc3)n2)c1. The maximum Gasteiger partial charge on any atom is 0.240 e. The van der Waals surface area contributed by atoms with Gasteiger partial charge in [-0.05, 0) is 52.7 Å². The molecule has 0 atom stereocenters. The van der Waals surface area contributed by atoms with Crippen molar-refractivity contribution >= 4 is 11.3 Å². The molecule has 0 unspecified atom stereocenters. The molecular formula is C13H15N5OS. The highest BCUT2D eigenvalue weighted by Crippen LogP contribution is 2.12. The summed E-state index contributed by atoms with van der Waals surface area (Å²) in [6, 6.07) is 5.78. The molecule has 7 heteroatoms. The zero-order valence-electron chi connectivity index (χ0n) is 10.9. The highest BCUT2D eigenvalue weighted by atomic mass is 32.1. The van der Waals surface area contributed by atoms with Gasteiger partial charge in [-0.25, -0.2) is 0 Å². The Labute approximate surface area is 120 Å². The lowest BCUT2D eigenvalue weighted by molar-refractivity contribution is 0.492. The molecule has 0 aliphatic rings. The average Bonchev–Trinajstić information content (AvgIpc) is 3.21. The maximum absolute atomic E-state index is 5.22. The summed E-state index contributed by atoms with van der Waals surface area (Å²) in [5.74, 6) is 1.16. The third-order valence-electron chi connectivity index (χ3n) is 2.85. The Balaban J connectivity index is 1.40. The van der Waals surface area contributed by atoms with Crippen LogP contribution in [0.4, 0.5) is 0 Å². The Kier molecular flexibility index (Phi) is 4.19. The molecule has 0 amide bonds. The molecule has 104 valence electrons. The first-order chi connectivity index (χ1) is 9.92. The second kappa shape index (κ2) is 6.44. The first-order valence-corrected chi connectivity index (χ1v) is 7.39. The largest absolute Gasteiger partial charge is 0.461 e. The normalized spacial score (nSPS) is 11.0. The third kappa shape index (κ3) is 3.31. The minimum atomic E-state index is 0.522. The molecule has 0 bridgehead atoms. The topological polar surface area (TPSA) is 68.8 Å². The van der Waals surface area contributed by atoms with E-state index in [1.54, 1.807) is 22.4 Å². The first-order valence-electron chi connectivity index (χ1n) is 6.45. The van der Waals surface area contributed by atoms with Crippen molar-refractivity contribution in [2.75, 3.05) is 13.1 Å². The lowest BCUT2D eigenvalue weighted by Gasteiger charge is -2.02. The fourth-order valence-electron chi connectivity index (χ4n) is 1.81. The van der Waals surface area contributed by atoms with Crippen LogP contribution >= 0.6 is 11.3 Å². The summed E-state index contributed by atoms with van der Waals surface area (Å²) in [4.78, 5) is 1.58. The van der Waals surface area contributed by atoms with Crippen LogP contribution in [-0.2, 0) is 13.0 Å². The average molecular weight is 289 g/mol. The van der Waals surface area contributed by atoms with Gasteiger partial charge in [-0.1, -0.05) is 0 Å². The number of rotatable bonds is 7. The van der Waals surface area contributed by atoms with E-state index in [1.165, 1.54) is 5.56 Å². The predicted octanol–water partition coefficient (Wildman–Crippen LogP) is 1.83. The van der Waals surface area contributed by atoms with E-state index in [0.29, 0.717) is 18.1 Å². The molecule has 0 radical (unpaired) electrons. The van der Waals surface area contributed by atoms with E-state index in [0.717, 1.165) is 19.5 Å². The second-order valence-electron chi connectivity index (χ2n) is 4.32. The number of hydrogen-bond donors (Lipinski definition) is 1. The van der Waals surface area contributed by atoms with Gasteiger partial charge >= 0.3 is 0 Å². The third-order valence-corrected chi connectivity index (χ3v) is 3.59. The van der Waals surface area contributed by atoms with Gasteiger partial charge in [-0.3, -0.25) is 0 Å². The zero-order chi connectivity index (χ0) is 13.6. The molecule has 6 nitrogen and oxygen atoms in total. The van der Waals surface area contributed by atoms with Crippen LogP contribution in [0.25, 0.3) is 11.6 Å². The van der Waals surface area contributed by atoms with Crippen molar-refractivity contribution in [3.63, 3.8) is 0 Å². The van der Waals surface area contributed by atoms with Crippen molar-refractivity contribution in [3.05, 3.63) is 40.8 Å². The van der Waals surface area contributed by atoms with Gasteiger partial charge in [0.25, 0.3) is 0 Å². The number of hydrogen-bond acceptors (Lipinski definition) is 6. The summed E-state index contributed by atoms with van der Waals surface area (Å²) in [5, 5.41) is 19.9. The zero-order valence-corrected chi connectivity index (χ0v) is 11.7. The summed E-state index contributed by atoms with van der Waals surface area (Å²) in [7, 11) is 0. The Morgan fingerprint density at radius 3 is 3.10 bits per heavy atom. The fraction of sp³-hybridized carbons (Fsp3) is 0.308. The van der Waals surface area contributed by atoms with Crippen molar-refractivity contribution in [2.45, 2.75) is 13.0 Å². The van der Waals surface area contributed by atoms with Crippen molar-refractivity contribution in [1.29, 1.82) is 0 Å². The number of furan rings is 1. The van der Waals surface area contributed by atoms with Crippen LogP contribution in [0.15, 0.2) is 39.6 Å². The number of tetrazole rings is 1. The van der Waals surface area contributed by atoms with Crippen molar-refractivity contribution in [1.82, 2.24) is 25.5 Å². The van der Waals surface area contributed by atoms with E-state index >= 15 is 0 Å². The monoisotopic (exact) mass is 289 g/mol. The number of nitrogens with zero attached hydrogens (tertiary/aromatic N) is 4. The molecular weight excluding hydrogens is 274 g/mol. The highest BCUT2D eigenvalue weighted by molar-refractivity contribution is 7.07. The number of thiophene rings is 1. The molecule has 3 rings (SSSR count). The Hall–Kier alpha value is -1.99. The number of aromatic nitrogens is 4. The van der Waals surface area contributed by atoms with Crippen molar-refractivity contribution < 1.29 is 4.42 Å². The summed E-state index contributed by atoms with van der Waals surface area (Å²) < 4.78 is 5.22. The van der Waals surface area contributed by atoms with E-state index < -0.39 is 0 Å². The van der Waals surface area contributed by atoms with Gasteiger partial charge in [0, 0.05) is 6.54 Å². The molecule has 0 aliphatic carbocycles. The van der Waals surface area contributed by atoms with Crippen LogP contribution in [-0.4, -0.2) is 33.3 Å². The van der Waals surface area contributed by atoms with Gasteiger partial charge in [0.15, 0.2) is 5.76 Å². The second-order valence-corrected chi connectivity index (χ2v) is 5.10. The maximum atomic E-state index is 5.22. The van der Waals surface area contributed by atoms with Crippen molar-refractivity contribution in [3.8, 4) is 11.6 Å². The van der Waals surface area contributed by atoms with Gasteiger partial charge in [-0.2, -0.15) is 16.1 Å². The van der Waals surface area contributed by atoms with Crippen LogP contribution in [0, 0.1) is 0 Å². The Morgan fingerprint density at radius 2 is 2.30 bits per heavy atom. The van der Waals surface area contributed by atoms with E-state index in [2.05, 4.69) is 37.6 Å². The molecule has 20 heavy (non-hydrogen) atoms. The molecule has 3 aromatic rings. The highest BCUT2D eigenvalue weighted by Gasteiger charge is 2.07. The van der Waals surface area contributed by atoms with Crippen LogP contribution in [0.3, 0.4) is 0 Å². The predicted molar refractivity (Wildman–Crippen MR) is 76.4 cm³/mol. The minimum Gasteiger partial charge on any atom is -0.461 e. The summed E-state index contributed by atoms with van der Waals surface area (Å²) >= 11 is 1.73. The van der Waals surface area contributed by atoms with E-state index in [-0.39, 0.29) is 0 Å². The van der Waals surface area contributed by atoms with Gasteiger partial charge in [-0.15, -0.1) is 10.2 Å². The van der Waals surface area contributed by atoms with Gasteiger partial charge in [0.1, 0.15) is 0 Å². The van der Waals surface area contributed by atoms with E-state index in [9.17, 15) is 0 Å².